The molecule has 0 saturated heterocycles. The summed E-state index contributed by atoms with van der Waals surface area (Å²) in [4.78, 5) is 14.5. The highest BCUT2D eigenvalue weighted by Gasteiger charge is 2.23. The van der Waals surface area contributed by atoms with Gasteiger partial charge in [-0.1, -0.05) is 43.2 Å². The Hall–Kier alpha value is -2.48. The van der Waals surface area contributed by atoms with E-state index in [0.717, 1.165) is 40.9 Å². The van der Waals surface area contributed by atoms with Gasteiger partial charge in [-0.25, -0.2) is 0 Å². The standard InChI is InChI=1S/C23H30N4O3S/c1-3-11-27-22(18-7-5-4-6-8-18)24-25-23(27)31-16-21(28)26(2)15-17-9-10-19-20(14-17)30-13-12-29-19/h3,9-10,14,18H,1,4-8,11-13,15-16H2,2H3. The first-order valence-electron chi connectivity index (χ1n) is 10.9. The Morgan fingerprint density at radius 1 is 1.23 bits per heavy atom. The van der Waals surface area contributed by atoms with Crippen LogP contribution >= 0.6 is 11.8 Å². The highest BCUT2D eigenvalue weighted by molar-refractivity contribution is 7.99. The summed E-state index contributed by atoms with van der Waals surface area (Å²) >= 11 is 1.45. The Balaban J connectivity index is 1.36. The van der Waals surface area contributed by atoms with Gasteiger partial charge >= 0.3 is 0 Å². The molecule has 1 aromatic carbocycles. The number of benzene rings is 1. The van der Waals surface area contributed by atoms with Gasteiger partial charge in [0.2, 0.25) is 5.91 Å². The summed E-state index contributed by atoms with van der Waals surface area (Å²) in [6, 6.07) is 5.83. The van der Waals surface area contributed by atoms with Crippen LogP contribution in [0.3, 0.4) is 0 Å². The fourth-order valence-corrected chi connectivity index (χ4v) is 5.05. The van der Waals surface area contributed by atoms with Crippen LogP contribution in [0.4, 0.5) is 0 Å². The van der Waals surface area contributed by atoms with E-state index >= 15 is 0 Å². The molecule has 166 valence electrons. The summed E-state index contributed by atoms with van der Waals surface area (Å²) in [6.07, 6.45) is 8.00. The van der Waals surface area contributed by atoms with E-state index in [4.69, 9.17) is 9.47 Å². The molecule has 8 heteroatoms. The predicted octanol–water partition coefficient (Wildman–Crippen LogP) is 4.03. The molecule has 0 radical (unpaired) electrons. The predicted molar refractivity (Wildman–Crippen MR) is 121 cm³/mol. The van der Waals surface area contributed by atoms with Crippen molar-refractivity contribution in [2.24, 2.45) is 0 Å². The van der Waals surface area contributed by atoms with E-state index in [1.807, 2.05) is 31.3 Å². The molecule has 0 spiro atoms. The molecule has 0 atom stereocenters. The summed E-state index contributed by atoms with van der Waals surface area (Å²) in [5.41, 5.74) is 1.01. The van der Waals surface area contributed by atoms with Gasteiger partial charge in [-0.05, 0) is 30.5 Å². The first-order chi connectivity index (χ1) is 15.2. The van der Waals surface area contributed by atoms with Crippen molar-refractivity contribution in [1.29, 1.82) is 0 Å². The Bertz CT molecular complexity index is 924. The summed E-state index contributed by atoms with van der Waals surface area (Å²) in [7, 11) is 1.82. The third kappa shape index (κ3) is 5.23. The average Bonchev–Trinajstić information content (AvgIpc) is 3.20. The van der Waals surface area contributed by atoms with Crippen LogP contribution in [0.1, 0.15) is 49.4 Å². The van der Waals surface area contributed by atoms with Gasteiger partial charge < -0.3 is 18.9 Å². The minimum absolute atomic E-state index is 0.0484. The minimum Gasteiger partial charge on any atom is -0.486 e. The van der Waals surface area contributed by atoms with Gasteiger partial charge in [0, 0.05) is 26.1 Å². The van der Waals surface area contributed by atoms with E-state index in [1.54, 1.807) is 4.90 Å². The molecule has 1 aliphatic heterocycles. The van der Waals surface area contributed by atoms with Crippen LogP contribution in [0, 0.1) is 0 Å². The van der Waals surface area contributed by atoms with Crippen molar-refractivity contribution in [3.05, 3.63) is 42.2 Å². The zero-order valence-electron chi connectivity index (χ0n) is 18.1. The van der Waals surface area contributed by atoms with Gasteiger partial charge in [0.1, 0.15) is 19.0 Å². The van der Waals surface area contributed by atoms with Gasteiger partial charge in [0.05, 0.1) is 5.75 Å². The third-order valence-corrected chi connectivity index (χ3v) is 6.76. The van der Waals surface area contributed by atoms with E-state index in [0.29, 0.717) is 38.0 Å². The SMILES string of the molecule is C=CCn1c(SCC(=O)N(C)Cc2ccc3c(c2)OCCO3)nnc1C1CCCCC1. The zero-order valence-corrected chi connectivity index (χ0v) is 18.9. The summed E-state index contributed by atoms with van der Waals surface area (Å²) in [6.45, 7) is 6.19. The van der Waals surface area contributed by atoms with Crippen LogP contribution < -0.4 is 9.47 Å². The number of fused-ring (bicyclic) bond motifs is 1. The molecular weight excluding hydrogens is 412 g/mol. The van der Waals surface area contributed by atoms with Crippen molar-refractivity contribution in [1.82, 2.24) is 19.7 Å². The lowest BCUT2D eigenvalue weighted by molar-refractivity contribution is -0.127. The number of nitrogens with zero attached hydrogens (tertiary/aromatic N) is 4. The third-order valence-electron chi connectivity index (χ3n) is 5.80. The Morgan fingerprint density at radius 2 is 2.00 bits per heavy atom. The number of thioether (sulfide) groups is 1. The number of hydrogen-bond acceptors (Lipinski definition) is 6. The first-order valence-corrected chi connectivity index (χ1v) is 11.9. The highest BCUT2D eigenvalue weighted by Crippen LogP contribution is 2.33. The summed E-state index contributed by atoms with van der Waals surface area (Å²) < 4.78 is 13.3. The number of ether oxygens (including phenoxy) is 2. The fourth-order valence-electron chi connectivity index (χ4n) is 4.15. The van der Waals surface area contributed by atoms with E-state index in [9.17, 15) is 4.79 Å². The van der Waals surface area contributed by atoms with Gasteiger partial charge in [0.25, 0.3) is 0 Å². The monoisotopic (exact) mass is 442 g/mol. The van der Waals surface area contributed by atoms with Crippen LogP contribution in [-0.4, -0.2) is 51.6 Å². The molecule has 4 rings (SSSR count). The van der Waals surface area contributed by atoms with Crippen molar-refractivity contribution in [2.75, 3.05) is 26.0 Å². The van der Waals surface area contributed by atoms with Crippen molar-refractivity contribution in [2.45, 2.75) is 56.3 Å². The maximum atomic E-state index is 12.8. The van der Waals surface area contributed by atoms with Crippen LogP contribution in [0.5, 0.6) is 11.5 Å². The number of hydrogen-bond donors (Lipinski definition) is 0. The molecule has 1 saturated carbocycles. The molecule has 2 heterocycles. The maximum Gasteiger partial charge on any atom is 0.233 e. The van der Waals surface area contributed by atoms with Gasteiger partial charge in [-0.15, -0.1) is 16.8 Å². The first kappa shape index (κ1) is 21.7. The second kappa shape index (κ2) is 10.2. The van der Waals surface area contributed by atoms with Crippen molar-refractivity contribution >= 4 is 17.7 Å². The molecule has 2 aromatic rings. The lowest BCUT2D eigenvalue weighted by Crippen LogP contribution is -2.28. The molecule has 1 aliphatic carbocycles. The number of aromatic nitrogens is 3. The number of allylic oxidation sites excluding steroid dienone is 1. The number of carbonyl (C=O) groups is 1. The van der Waals surface area contributed by atoms with Crippen molar-refractivity contribution in [3.63, 3.8) is 0 Å². The number of carbonyl (C=O) groups excluding carboxylic acids is 1. The fraction of sp³-hybridized carbons (Fsp3) is 0.522. The van der Waals surface area contributed by atoms with Gasteiger partial charge in [0.15, 0.2) is 16.7 Å². The lowest BCUT2D eigenvalue weighted by atomic mass is 9.89. The zero-order chi connectivity index (χ0) is 21.6. The van der Waals surface area contributed by atoms with Crippen LogP contribution in [0.25, 0.3) is 0 Å². The molecule has 0 bridgehead atoms. The summed E-state index contributed by atoms with van der Waals surface area (Å²) in [5.74, 6) is 3.37. The van der Waals surface area contributed by atoms with E-state index < -0.39 is 0 Å². The Labute approximate surface area is 187 Å². The van der Waals surface area contributed by atoms with Gasteiger partial charge in [-0.3, -0.25) is 4.79 Å². The topological polar surface area (TPSA) is 69.5 Å². The number of amides is 1. The maximum absolute atomic E-state index is 12.8. The molecule has 7 nitrogen and oxygen atoms in total. The van der Waals surface area contributed by atoms with Crippen molar-refractivity contribution in [3.8, 4) is 11.5 Å². The van der Waals surface area contributed by atoms with Crippen LogP contribution in [-0.2, 0) is 17.9 Å². The molecule has 1 amide bonds. The second-order valence-corrected chi connectivity index (χ2v) is 9.03. The van der Waals surface area contributed by atoms with E-state index in [-0.39, 0.29) is 5.91 Å². The normalized spacial score (nSPS) is 16.2. The van der Waals surface area contributed by atoms with E-state index in [1.165, 1.54) is 31.0 Å². The Morgan fingerprint density at radius 3 is 2.77 bits per heavy atom. The molecule has 0 N–H and O–H groups in total. The minimum atomic E-state index is 0.0484. The van der Waals surface area contributed by atoms with E-state index in [2.05, 4.69) is 21.3 Å². The summed E-state index contributed by atoms with van der Waals surface area (Å²) in [5, 5.41) is 9.68. The molecule has 1 fully saturated rings. The Kier molecular flexibility index (Phi) is 7.17. The smallest absolute Gasteiger partial charge is 0.233 e. The molecular formula is C23H30N4O3S. The van der Waals surface area contributed by atoms with Crippen molar-refractivity contribution < 1.29 is 14.3 Å². The van der Waals surface area contributed by atoms with Crippen LogP contribution in [0.15, 0.2) is 36.0 Å². The number of rotatable bonds is 8. The average molecular weight is 443 g/mol. The van der Waals surface area contributed by atoms with Gasteiger partial charge in [-0.2, -0.15) is 0 Å². The molecule has 0 unspecified atom stereocenters. The second-order valence-electron chi connectivity index (χ2n) is 8.09. The largest absolute Gasteiger partial charge is 0.486 e. The molecule has 31 heavy (non-hydrogen) atoms. The quantitative estimate of drug-likeness (QED) is 0.454. The lowest BCUT2D eigenvalue weighted by Gasteiger charge is -2.22. The highest BCUT2D eigenvalue weighted by atomic mass is 32.2. The molecule has 2 aliphatic rings. The molecule has 1 aromatic heterocycles. The van der Waals surface area contributed by atoms with Crippen LogP contribution in [0.2, 0.25) is 0 Å².